The van der Waals surface area contributed by atoms with Crippen molar-refractivity contribution in [2.24, 2.45) is 0 Å². The van der Waals surface area contributed by atoms with E-state index in [-0.39, 0.29) is 0 Å². The molecule has 0 N–H and O–H groups in total. The Morgan fingerprint density at radius 3 is 1.00 bits per heavy atom. The van der Waals surface area contributed by atoms with Crippen LogP contribution < -0.4 is 9.64 Å². The highest BCUT2D eigenvalue weighted by Gasteiger charge is 2.23. The van der Waals surface area contributed by atoms with Gasteiger partial charge in [-0.2, -0.15) is 0 Å². The van der Waals surface area contributed by atoms with Crippen LogP contribution in [-0.4, -0.2) is 9.13 Å². The SMILES string of the molecule is c1ccc(N(c2ccccc2)c2c3ccccc3c(Oc3cc(-n4c5ccccc5c5ccccc54)cc(-n4c5ccccc5c5ccccc54)c3)c3ccccc23)cc1. The number of para-hydroxylation sites is 6. The standard InChI is InChI=1S/C56H37N3O/c1-3-19-38(20-4-1)57(39-21-5-2-6-22-39)55-47-27-7-9-29-49(47)56(50-30-10-8-28-48(50)55)60-42-36-40(58-51-31-15-11-23-43(51)44-24-12-16-32-52(44)58)35-41(37-42)59-53-33-17-13-25-45(53)46-26-14-18-34-54(46)59/h1-37H. The van der Waals surface area contributed by atoms with Crippen LogP contribution in [0.2, 0.25) is 0 Å². The summed E-state index contributed by atoms with van der Waals surface area (Å²) in [4.78, 5) is 2.37. The molecule has 0 bridgehead atoms. The molecule has 12 rings (SSSR count). The molecule has 60 heavy (non-hydrogen) atoms. The third-order valence-corrected chi connectivity index (χ3v) is 11.9. The number of anilines is 3. The Morgan fingerprint density at radius 2 is 0.617 bits per heavy atom. The van der Waals surface area contributed by atoms with Gasteiger partial charge in [-0.3, -0.25) is 0 Å². The summed E-state index contributed by atoms with van der Waals surface area (Å²) in [5.41, 5.74) is 9.90. The van der Waals surface area contributed by atoms with Gasteiger partial charge in [0.15, 0.2) is 0 Å². The number of hydrogen-bond donors (Lipinski definition) is 0. The molecule has 0 radical (unpaired) electrons. The van der Waals surface area contributed by atoms with Crippen LogP contribution in [0.3, 0.4) is 0 Å². The maximum absolute atomic E-state index is 7.43. The second-order valence-electron chi connectivity index (χ2n) is 15.3. The van der Waals surface area contributed by atoms with E-state index in [9.17, 15) is 0 Å². The van der Waals surface area contributed by atoms with E-state index in [2.05, 4.69) is 238 Å². The van der Waals surface area contributed by atoms with Gasteiger partial charge in [0, 0.05) is 66.6 Å². The molecule has 4 heteroatoms. The van der Waals surface area contributed by atoms with Crippen molar-refractivity contribution in [3.63, 3.8) is 0 Å². The Bertz CT molecular complexity index is 3250. The van der Waals surface area contributed by atoms with Crippen LogP contribution in [0.25, 0.3) is 76.5 Å². The normalized spacial score (nSPS) is 11.7. The summed E-state index contributed by atoms with van der Waals surface area (Å²) in [6, 6.07) is 80.0. The van der Waals surface area contributed by atoms with Crippen molar-refractivity contribution in [3.05, 3.63) is 224 Å². The molecular weight excluding hydrogens is 731 g/mol. The molecule has 2 heterocycles. The monoisotopic (exact) mass is 767 g/mol. The summed E-state index contributed by atoms with van der Waals surface area (Å²) in [6.07, 6.45) is 0. The zero-order valence-electron chi connectivity index (χ0n) is 32.6. The minimum atomic E-state index is 0.747. The number of benzene rings is 10. The van der Waals surface area contributed by atoms with Crippen molar-refractivity contribution >= 4 is 82.2 Å². The van der Waals surface area contributed by atoms with Crippen LogP contribution in [0.1, 0.15) is 0 Å². The Morgan fingerprint density at radius 1 is 0.300 bits per heavy atom. The van der Waals surface area contributed by atoms with Crippen LogP contribution in [0, 0.1) is 0 Å². The van der Waals surface area contributed by atoms with Crippen molar-refractivity contribution in [3.8, 4) is 22.9 Å². The summed E-state index contributed by atoms with van der Waals surface area (Å²) < 4.78 is 12.2. The molecule has 0 aliphatic heterocycles. The molecule has 0 aliphatic rings. The van der Waals surface area contributed by atoms with Gasteiger partial charge in [-0.25, -0.2) is 0 Å². The minimum absolute atomic E-state index is 0.747. The highest BCUT2D eigenvalue weighted by atomic mass is 16.5. The molecule has 0 spiro atoms. The second-order valence-corrected chi connectivity index (χ2v) is 15.3. The predicted molar refractivity (Wildman–Crippen MR) is 251 cm³/mol. The third kappa shape index (κ3) is 5.32. The Balaban J connectivity index is 1.14. The number of nitrogens with zero attached hydrogens (tertiary/aromatic N) is 3. The van der Waals surface area contributed by atoms with E-state index in [4.69, 9.17) is 4.74 Å². The van der Waals surface area contributed by atoms with Crippen molar-refractivity contribution in [1.29, 1.82) is 0 Å². The summed E-state index contributed by atoms with van der Waals surface area (Å²) in [5.74, 6) is 1.57. The largest absolute Gasteiger partial charge is 0.456 e. The summed E-state index contributed by atoms with van der Waals surface area (Å²) in [6.45, 7) is 0. The molecule has 282 valence electrons. The number of fused-ring (bicyclic) bond motifs is 8. The lowest BCUT2D eigenvalue weighted by atomic mass is 9.97. The summed E-state index contributed by atoms with van der Waals surface area (Å²) in [5, 5.41) is 9.12. The first-order valence-corrected chi connectivity index (χ1v) is 20.4. The highest BCUT2D eigenvalue weighted by Crippen LogP contribution is 2.49. The summed E-state index contributed by atoms with van der Waals surface area (Å²) in [7, 11) is 0. The molecule has 2 aromatic heterocycles. The fourth-order valence-corrected chi connectivity index (χ4v) is 9.38. The molecule has 0 saturated carbocycles. The first-order chi connectivity index (χ1) is 29.8. The lowest BCUT2D eigenvalue weighted by Crippen LogP contribution is -2.11. The van der Waals surface area contributed by atoms with E-state index in [0.717, 1.165) is 83.5 Å². The van der Waals surface area contributed by atoms with Gasteiger partial charge in [-0.15, -0.1) is 0 Å². The van der Waals surface area contributed by atoms with Crippen LogP contribution >= 0.6 is 0 Å². The molecule has 0 saturated heterocycles. The average molecular weight is 768 g/mol. The van der Waals surface area contributed by atoms with Crippen LogP contribution in [-0.2, 0) is 0 Å². The van der Waals surface area contributed by atoms with Gasteiger partial charge in [-0.05, 0) is 54.6 Å². The van der Waals surface area contributed by atoms with Gasteiger partial charge in [0.1, 0.15) is 11.5 Å². The smallest absolute Gasteiger partial charge is 0.143 e. The van der Waals surface area contributed by atoms with E-state index in [0.29, 0.717) is 0 Å². The number of ether oxygens (including phenoxy) is 1. The third-order valence-electron chi connectivity index (χ3n) is 11.9. The second kappa shape index (κ2) is 13.8. The Kier molecular flexibility index (Phi) is 7.82. The van der Waals surface area contributed by atoms with Gasteiger partial charge in [0.25, 0.3) is 0 Å². The number of hydrogen-bond acceptors (Lipinski definition) is 2. The lowest BCUT2D eigenvalue weighted by molar-refractivity contribution is 0.493. The fourth-order valence-electron chi connectivity index (χ4n) is 9.38. The maximum Gasteiger partial charge on any atom is 0.143 e. The first kappa shape index (κ1) is 34.0. The van der Waals surface area contributed by atoms with E-state index >= 15 is 0 Å². The molecule has 0 atom stereocenters. The molecular formula is C56H37N3O. The minimum Gasteiger partial charge on any atom is -0.456 e. The van der Waals surface area contributed by atoms with Crippen molar-refractivity contribution in [2.75, 3.05) is 4.90 Å². The van der Waals surface area contributed by atoms with Crippen LogP contribution in [0.5, 0.6) is 11.5 Å². The highest BCUT2D eigenvalue weighted by molar-refractivity contribution is 6.18. The first-order valence-electron chi connectivity index (χ1n) is 20.4. The quantitative estimate of drug-likeness (QED) is 0.151. The van der Waals surface area contributed by atoms with Gasteiger partial charge in [0.2, 0.25) is 0 Å². The fraction of sp³-hybridized carbons (Fsp3) is 0. The van der Waals surface area contributed by atoms with E-state index in [1.807, 2.05) is 0 Å². The zero-order chi connectivity index (χ0) is 39.6. The van der Waals surface area contributed by atoms with Crippen molar-refractivity contribution < 1.29 is 4.74 Å². The van der Waals surface area contributed by atoms with Gasteiger partial charge in [-0.1, -0.05) is 158 Å². The molecule has 0 fully saturated rings. The molecule has 0 unspecified atom stereocenters. The lowest BCUT2D eigenvalue weighted by Gasteiger charge is -2.29. The molecule has 10 aromatic carbocycles. The van der Waals surface area contributed by atoms with E-state index in [1.165, 1.54) is 21.5 Å². The Hall–Kier alpha value is -8.08. The van der Waals surface area contributed by atoms with Gasteiger partial charge in [0.05, 0.1) is 39.1 Å². The maximum atomic E-state index is 7.43. The Labute approximate surface area is 347 Å². The average Bonchev–Trinajstić information content (AvgIpc) is 3.84. The number of rotatable bonds is 7. The zero-order valence-corrected chi connectivity index (χ0v) is 32.6. The van der Waals surface area contributed by atoms with Crippen LogP contribution in [0.15, 0.2) is 224 Å². The van der Waals surface area contributed by atoms with Crippen molar-refractivity contribution in [2.45, 2.75) is 0 Å². The van der Waals surface area contributed by atoms with E-state index < -0.39 is 0 Å². The van der Waals surface area contributed by atoms with E-state index in [1.54, 1.807) is 0 Å². The molecule has 12 aromatic rings. The molecule has 0 aliphatic carbocycles. The van der Waals surface area contributed by atoms with Gasteiger partial charge < -0.3 is 18.8 Å². The number of aromatic nitrogens is 2. The molecule has 0 amide bonds. The summed E-state index contributed by atoms with van der Waals surface area (Å²) >= 11 is 0. The predicted octanol–water partition coefficient (Wildman–Crippen LogP) is 15.4. The van der Waals surface area contributed by atoms with Crippen molar-refractivity contribution in [1.82, 2.24) is 9.13 Å². The van der Waals surface area contributed by atoms with Crippen LogP contribution in [0.4, 0.5) is 17.1 Å². The van der Waals surface area contributed by atoms with Gasteiger partial charge >= 0.3 is 0 Å². The molecule has 4 nitrogen and oxygen atoms in total. The topological polar surface area (TPSA) is 22.3 Å².